The third kappa shape index (κ3) is 3.21. The fraction of sp³-hybridized carbons (Fsp3) is 1.00. The molecular weight excluding hydrogens is 196 g/mol. The summed E-state index contributed by atoms with van der Waals surface area (Å²) in [6.45, 7) is 9.88. The molecule has 1 aliphatic heterocycles. The first kappa shape index (κ1) is 12.4. The maximum absolute atomic E-state index is 3.70. The highest BCUT2D eigenvalue weighted by Crippen LogP contribution is 2.28. The van der Waals surface area contributed by atoms with E-state index in [1.807, 2.05) is 0 Å². The van der Waals surface area contributed by atoms with Gasteiger partial charge in [-0.1, -0.05) is 20.3 Å². The highest BCUT2D eigenvalue weighted by Gasteiger charge is 2.28. The van der Waals surface area contributed by atoms with Crippen LogP contribution in [0, 0.1) is 11.8 Å². The number of nitrogens with one attached hydrogen (secondary N) is 1. The summed E-state index contributed by atoms with van der Waals surface area (Å²) in [5.74, 6) is 1.87. The largest absolute Gasteiger partial charge is 0.314 e. The standard InChI is InChI=1S/C14H28N2/c1-3-8-15-14-7-9-16(10-12(14)2)11-13-5-4-6-13/h12-15H,3-11H2,1-2H3. The van der Waals surface area contributed by atoms with E-state index in [0.29, 0.717) is 0 Å². The van der Waals surface area contributed by atoms with E-state index in [1.165, 1.54) is 58.3 Å². The number of hydrogen-bond donors (Lipinski definition) is 1. The van der Waals surface area contributed by atoms with E-state index >= 15 is 0 Å². The lowest BCUT2D eigenvalue weighted by molar-refractivity contribution is 0.108. The van der Waals surface area contributed by atoms with E-state index in [2.05, 4.69) is 24.1 Å². The minimum Gasteiger partial charge on any atom is -0.314 e. The highest BCUT2D eigenvalue weighted by atomic mass is 15.1. The number of likely N-dealkylation sites (tertiary alicyclic amines) is 1. The Labute approximate surface area is 101 Å². The van der Waals surface area contributed by atoms with Gasteiger partial charge in [0, 0.05) is 19.1 Å². The molecule has 94 valence electrons. The van der Waals surface area contributed by atoms with E-state index in [-0.39, 0.29) is 0 Å². The first-order chi connectivity index (χ1) is 7.79. The third-order valence-corrected chi connectivity index (χ3v) is 4.39. The predicted octanol–water partition coefficient (Wildman–Crippen LogP) is 2.50. The van der Waals surface area contributed by atoms with Crippen LogP contribution in [0.5, 0.6) is 0 Å². The molecule has 0 amide bonds. The maximum Gasteiger partial charge on any atom is 0.0117 e. The summed E-state index contributed by atoms with van der Waals surface area (Å²) >= 11 is 0. The van der Waals surface area contributed by atoms with Crippen molar-refractivity contribution in [3.63, 3.8) is 0 Å². The molecule has 0 spiro atoms. The molecule has 1 heterocycles. The summed E-state index contributed by atoms with van der Waals surface area (Å²) in [6, 6.07) is 0.776. The van der Waals surface area contributed by atoms with Gasteiger partial charge in [-0.2, -0.15) is 0 Å². The summed E-state index contributed by atoms with van der Waals surface area (Å²) < 4.78 is 0. The Bertz CT molecular complexity index is 201. The van der Waals surface area contributed by atoms with Gasteiger partial charge in [0.15, 0.2) is 0 Å². The number of rotatable bonds is 5. The van der Waals surface area contributed by atoms with Crippen LogP contribution in [0.1, 0.15) is 46.0 Å². The summed E-state index contributed by atoms with van der Waals surface area (Å²) in [6.07, 6.45) is 7.07. The molecule has 0 bridgehead atoms. The molecular formula is C14H28N2. The first-order valence-electron chi connectivity index (χ1n) is 7.25. The second-order valence-electron chi connectivity index (χ2n) is 5.88. The molecule has 2 rings (SSSR count). The van der Waals surface area contributed by atoms with E-state index in [1.54, 1.807) is 0 Å². The van der Waals surface area contributed by atoms with Gasteiger partial charge in [0.25, 0.3) is 0 Å². The molecule has 1 aliphatic carbocycles. The quantitative estimate of drug-likeness (QED) is 0.772. The number of piperidine rings is 1. The van der Waals surface area contributed by atoms with E-state index in [4.69, 9.17) is 0 Å². The third-order valence-electron chi connectivity index (χ3n) is 4.39. The molecule has 2 heteroatoms. The van der Waals surface area contributed by atoms with Gasteiger partial charge in [-0.25, -0.2) is 0 Å². The molecule has 1 saturated heterocycles. The van der Waals surface area contributed by atoms with Crippen molar-refractivity contribution in [1.29, 1.82) is 0 Å². The zero-order valence-electron chi connectivity index (χ0n) is 11.0. The zero-order chi connectivity index (χ0) is 11.4. The smallest absolute Gasteiger partial charge is 0.0117 e. The van der Waals surface area contributed by atoms with Crippen LogP contribution in [-0.2, 0) is 0 Å². The van der Waals surface area contributed by atoms with Crippen LogP contribution in [-0.4, -0.2) is 37.1 Å². The van der Waals surface area contributed by atoms with Crippen molar-refractivity contribution in [1.82, 2.24) is 10.2 Å². The van der Waals surface area contributed by atoms with Crippen molar-refractivity contribution >= 4 is 0 Å². The Kier molecular flexibility index (Phi) is 4.66. The van der Waals surface area contributed by atoms with Gasteiger partial charge in [0.2, 0.25) is 0 Å². The zero-order valence-corrected chi connectivity index (χ0v) is 11.0. The summed E-state index contributed by atoms with van der Waals surface area (Å²) in [5.41, 5.74) is 0. The van der Waals surface area contributed by atoms with Gasteiger partial charge < -0.3 is 10.2 Å². The van der Waals surface area contributed by atoms with Crippen molar-refractivity contribution in [2.45, 2.75) is 52.0 Å². The minimum atomic E-state index is 0.776. The monoisotopic (exact) mass is 224 g/mol. The van der Waals surface area contributed by atoms with Crippen molar-refractivity contribution in [2.24, 2.45) is 11.8 Å². The summed E-state index contributed by atoms with van der Waals surface area (Å²) in [5, 5.41) is 3.70. The molecule has 0 radical (unpaired) electrons. The average molecular weight is 224 g/mol. The second kappa shape index (κ2) is 6.02. The molecule has 2 fully saturated rings. The van der Waals surface area contributed by atoms with Crippen molar-refractivity contribution in [3.8, 4) is 0 Å². The van der Waals surface area contributed by atoms with E-state index < -0.39 is 0 Å². The second-order valence-corrected chi connectivity index (χ2v) is 5.88. The lowest BCUT2D eigenvalue weighted by atomic mass is 9.84. The Morgan fingerprint density at radius 1 is 1.25 bits per heavy atom. The van der Waals surface area contributed by atoms with Crippen LogP contribution in [0.4, 0.5) is 0 Å². The predicted molar refractivity (Wildman–Crippen MR) is 69.6 cm³/mol. The maximum atomic E-state index is 3.70. The average Bonchev–Trinajstić information content (AvgIpc) is 2.22. The molecule has 2 aliphatic rings. The molecule has 16 heavy (non-hydrogen) atoms. The van der Waals surface area contributed by atoms with Gasteiger partial charge in [-0.05, 0) is 50.6 Å². The molecule has 0 aromatic rings. The van der Waals surface area contributed by atoms with Crippen LogP contribution < -0.4 is 5.32 Å². The Balaban J connectivity index is 1.68. The Morgan fingerprint density at radius 3 is 2.62 bits per heavy atom. The van der Waals surface area contributed by atoms with Crippen molar-refractivity contribution in [2.75, 3.05) is 26.2 Å². The van der Waals surface area contributed by atoms with Crippen LogP contribution >= 0.6 is 0 Å². The topological polar surface area (TPSA) is 15.3 Å². The molecule has 0 aromatic heterocycles. The number of nitrogens with zero attached hydrogens (tertiary/aromatic N) is 1. The molecule has 2 unspecified atom stereocenters. The molecule has 2 atom stereocenters. The highest BCUT2D eigenvalue weighted by molar-refractivity contribution is 4.84. The van der Waals surface area contributed by atoms with Gasteiger partial charge in [-0.15, -0.1) is 0 Å². The lowest BCUT2D eigenvalue weighted by Gasteiger charge is -2.40. The van der Waals surface area contributed by atoms with Gasteiger partial charge in [-0.3, -0.25) is 0 Å². The summed E-state index contributed by atoms with van der Waals surface area (Å²) in [7, 11) is 0. The molecule has 2 nitrogen and oxygen atoms in total. The molecule has 0 aromatic carbocycles. The van der Waals surface area contributed by atoms with E-state index in [0.717, 1.165) is 17.9 Å². The van der Waals surface area contributed by atoms with Crippen LogP contribution in [0.25, 0.3) is 0 Å². The molecule has 1 saturated carbocycles. The Morgan fingerprint density at radius 2 is 2.06 bits per heavy atom. The Hall–Kier alpha value is -0.0800. The SMILES string of the molecule is CCCNC1CCN(CC2CCC2)CC1C. The van der Waals surface area contributed by atoms with Crippen LogP contribution in [0.2, 0.25) is 0 Å². The fourth-order valence-corrected chi connectivity index (χ4v) is 3.07. The van der Waals surface area contributed by atoms with Crippen molar-refractivity contribution in [3.05, 3.63) is 0 Å². The van der Waals surface area contributed by atoms with Crippen molar-refractivity contribution < 1.29 is 0 Å². The fourth-order valence-electron chi connectivity index (χ4n) is 3.07. The first-order valence-corrected chi connectivity index (χ1v) is 7.25. The minimum absolute atomic E-state index is 0.776. The lowest BCUT2D eigenvalue weighted by Crippen LogP contribution is -2.49. The van der Waals surface area contributed by atoms with Gasteiger partial charge >= 0.3 is 0 Å². The normalized spacial score (nSPS) is 32.6. The van der Waals surface area contributed by atoms with Gasteiger partial charge in [0.05, 0.1) is 0 Å². The summed E-state index contributed by atoms with van der Waals surface area (Å²) in [4.78, 5) is 2.71. The van der Waals surface area contributed by atoms with Gasteiger partial charge in [0.1, 0.15) is 0 Å². The molecule has 1 N–H and O–H groups in total. The van der Waals surface area contributed by atoms with Crippen LogP contribution in [0.15, 0.2) is 0 Å². The van der Waals surface area contributed by atoms with E-state index in [9.17, 15) is 0 Å². The number of hydrogen-bond acceptors (Lipinski definition) is 2. The van der Waals surface area contributed by atoms with Crippen LogP contribution in [0.3, 0.4) is 0 Å².